The number of nitrogens with one attached hydrogen (secondary N) is 2. The maximum absolute atomic E-state index is 13.1. The Hall–Kier alpha value is -2.54. The summed E-state index contributed by atoms with van der Waals surface area (Å²) in [7, 11) is 0. The summed E-state index contributed by atoms with van der Waals surface area (Å²) < 4.78 is 25.9. The van der Waals surface area contributed by atoms with Crippen molar-refractivity contribution in [2.24, 2.45) is 5.73 Å². The summed E-state index contributed by atoms with van der Waals surface area (Å²) in [5.74, 6) is -2.30. The highest BCUT2D eigenvalue weighted by Gasteiger charge is 2.04. The van der Waals surface area contributed by atoms with Gasteiger partial charge in [-0.25, -0.2) is 8.78 Å². The van der Waals surface area contributed by atoms with Crippen LogP contribution < -0.4 is 16.4 Å². The van der Waals surface area contributed by atoms with E-state index in [1.807, 2.05) is 0 Å². The van der Waals surface area contributed by atoms with Crippen LogP contribution in [0.4, 0.5) is 14.5 Å². The second kappa shape index (κ2) is 6.95. The summed E-state index contributed by atoms with van der Waals surface area (Å²) in [6.45, 7) is 0.252. The molecule has 4 nitrogen and oxygen atoms in total. The average molecular weight is 321 g/mol. The number of nitrogens with two attached hydrogens (primary N) is 1. The van der Waals surface area contributed by atoms with Crippen molar-refractivity contribution >= 4 is 28.9 Å². The number of carbonyl (C=O) groups is 1. The van der Waals surface area contributed by atoms with Gasteiger partial charge in [0.05, 0.1) is 0 Å². The van der Waals surface area contributed by atoms with Gasteiger partial charge >= 0.3 is 0 Å². The van der Waals surface area contributed by atoms with Gasteiger partial charge < -0.3 is 16.4 Å². The maximum atomic E-state index is 13.1. The van der Waals surface area contributed by atoms with Gasteiger partial charge in [0.1, 0.15) is 0 Å². The molecular weight excluding hydrogens is 308 g/mol. The van der Waals surface area contributed by atoms with E-state index < -0.39 is 17.5 Å². The normalized spacial score (nSPS) is 10.1. The molecule has 2 aromatic carbocycles. The molecule has 22 heavy (non-hydrogen) atoms. The molecule has 0 spiro atoms. The lowest BCUT2D eigenvalue weighted by Gasteiger charge is -2.11. The van der Waals surface area contributed by atoms with Gasteiger partial charge in [0.2, 0.25) is 5.91 Å². The van der Waals surface area contributed by atoms with E-state index in [1.54, 1.807) is 24.3 Å². The van der Waals surface area contributed by atoms with Crippen molar-refractivity contribution in [1.82, 2.24) is 5.32 Å². The molecule has 0 bridgehead atoms. The molecule has 0 aliphatic carbocycles. The molecule has 7 heteroatoms. The van der Waals surface area contributed by atoms with Crippen LogP contribution >= 0.6 is 12.2 Å². The zero-order valence-corrected chi connectivity index (χ0v) is 12.2. The van der Waals surface area contributed by atoms with Crippen LogP contribution in [0.2, 0.25) is 0 Å². The summed E-state index contributed by atoms with van der Waals surface area (Å²) in [4.78, 5) is 11.0. The summed E-state index contributed by atoms with van der Waals surface area (Å²) >= 11 is 5.10. The molecule has 0 aromatic heterocycles. The number of hydrogen-bond donors (Lipinski definition) is 3. The number of halogens is 2. The largest absolute Gasteiger partial charge is 0.366 e. The molecule has 0 atom stereocenters. The Kier molecular flexibility index (Phi) is 5.00. The fourth-order valence-electron chi connectivity index (χ4n) is 1.73. The molecule has 0 saturated carbocycles. The minimum atomic E-state index is -0.903. The van der Waals surface area contributed by atoms with Crippen LogP contribution in [-0.4, -0.2) is 11.0 Å². The lowest BCUT2D eigenvalue weighted by molar-refractivity contribution is 0.100. The number of benzene rings is 2. The lowest BCUT2D eigenvalue weighted by atomic mass is 10.2. The molecule has 0 radical (unpaired) electrons. The molecule has 114 valence electrons. The molecule has 2 aromatic rings. The Balaban J connectivity index is 1.89. The number of anilines is 1. The molecule has 2 rings (SSSR count). The lowest BCUT2D eigenvalue weighted by Crippen LogP contribution is -2.28. The van der Waals surface area contributed by atoms with E-state index in [0.29, 0.717) is 21.9 Å². The first-order chi connectivity index (χ1) is 10.5. The van der Waals surface area contributed by atoms with Crippen molar-refractivity contribution in [3.05, 3.63) is 65.2 Å². The minimum Gasteiger partial charge on any atom is -0.366 e. The number of carbonyl (C=O) groups excluding carboxylic acids is 1. The van der Waals surface area contributed by atoms with Gasteiger partial charge in [-0.1, -0.05) is 6.07 Å². The fraction of sp³-hybridized carbons (Fsp3) is 0.0667. The van der Waals surface area contributed by atoms with Crippen molar-refractivity contribution in [3.63, 3.8) is 0 Å². The molecule has 0 aliphatic rings. The van der Waals surface area contributed by atoms with Gasteiger partial charge in [-0.15, -0.1) is 0 Å². The van der Waals surface area contributed by atoms with E-state index in [0.717, 1.165) is 12.1 Å². The number of hydrogen-bond acceptors (Lipinski definition) is 2. The van der Waals surface area contributed by atoms with E-state index in [2.05, 4.69) is 10.6 Å². The third-order valence-corrected chi connectivity index (χ3v) is 3.11. The van der Waals surface area contributed by atoms with E-state index in [9.17, 15) is 13.6 Å². The molecule has 1 amide bonds. The Morgan fingerprint density at radius 3 is 2.36 bits per heavy atom. The first-order valence-electron chi connectivity index (χ1n) is 6.34. The quantitative estimate of drug-likeness (QED) is 0.757. The van der Waals surface area contributed by atoms with Crippen molar-refractivity contribution in [2.45, 2.75) is 6.54 Å². The van der Waals surface area contributed by atoms with Gasteiger partial charge in [0.25, 0.3) is 0 Å². The molecular formula is C15H13F2N3OS. The molecule has 0 heterocycles. The molecule has 4 N–H and O–H groups in total. The van der Waals surface area contributed by atoms with E-state index in [1.165, 1.54) is 6.07 Å². The monoisotopic (exact) mass is 321 g/mol. The summed E-state index contributed by atoms with van der Waals surface area (Å²) in [5, 5.41) is 6.09. The number of rotatable bonds is 4. The number of primary amides is 1. The Labute approximate surface area is 131 Å². The minimum absolute atomic E-state index is 0.252. The van der Waals surface area contributed by atoms with Crippen molar-refractivity contribution in [1.29, 1.82) is 0 Å². The highest BCUT2D eigenvalue weighted by Crippen LogP contribution is 2.10. The van der Waals surface area contributed by atoms with Crippen molar-refractivity contribution < 1.29 is 13.6 Å². The van der Waals surface area contributed by atoms with Crippen LogP contribution in [0.15, 0.2) is 42.5 Å². The second-order valence-corrected chi connectivity index (χ2v) is 4.91. The van der Waals surface area contributed by atoms with E-state index in [4.69, 9.17) is 18.0 Å². The summed E-state index contributed by atoms with van der Waals surface area (Å²) in [6, 6.07) is 10.1. The number of thiocarbonyl (C=S) groups is 1. The Bertz CT molecular complexity index is 704. The molecule has 0 fully saturated rings. The summed E-state index contributed by atoms with van der Waals surface area (Å²) in [6.07, 6.45) is 0. The van der Waals surface area contributed by atoms with E-state index in [-0.39, 0.29) is 6.54 Å². The first kappa shape index (κ1) is 15.8. The highest BCUT2D eigenvalue weighted by atomic mass is 32.1. The third kappa shape index (κ3) is 4.23. The predicted octanol–water partition coefficient (Wildman–Crippen LogP) is 2.55. The van der Waals surface area contributed by atoms with Crippen molar-refractivity contribution in [2.75, 3.05) is 5.32 Å². The van der Waals surface area contributed by atoms with Crippen molar-refractivity contribution in [3.8, 4) is 0 Å². The van der Waals surface area contributed by atoms with Crippen LogP contribution in [0.1, 0.15) is 15.9 Å². The SMILES string of the molecule is NC(=O)c1ccc(NC(=S)NCc2ccc(F)c(F)c2)cc1. The van der Waals surface area contributed by atoms with Gasteiger partial charge in [0, 0.05) is 17.8 Å². The first-order valence-corrected chi connectivity index (χ1v) is 6.75. The smallest absolute Gasteiger partial charge is 0.248 e. The standard InChI is InChI=1S/C15H13F2N3OS/c16-12-6-1-9(7-13(12)17)8-19-15(22)20-11-4-2-10(3-5-11)14(18)21/h1-7H,8H2,(H2,18,21)(H2,19,20,22). The maximum Gasteiger partial charge on any atom is 0.248 e. The van der Waals surface area contributed by atoms with Gasteiger partial charge in [-0.3, -0.25) is 4.79 Å². The summed E-state index contributed by atoms with van der Waals surface area (Å²) in [5.41, 5.74) is 6.78. The Morgan fingerprint density at radius 2 is 1.77 bits per heavy atom. The Morgan fingerprint density at radius 1 is 1.09 bits per heavy atom. The third-order valence-electron chi connectivity index (χ3n) is 2.86. The average Bonchev–Trinajstić information content (AvgIpc) is 2.49. The van der Waals surface area contributed by atoms with Crippen LogP contribution in [0.25, 0.3) is 0 Å². The zero-order valence-electron chi connectivity index (χ0n) is 11.4. The molecule has 0 aliphatic heterocycles. The molecule has 0 unspecified atom stereocenters. The predicted molar refractivity (Wildman–Crippen MR) is 84.4 cm³/mol. The fourth-order valence-corrected chi connectivity index (χ4v) is 1.92. The number of amides is 1. The van der Waals surface area contributed by atoms with E-state index >= 15 is 0 Å². The molecule has 0 saturated heterocycles. The second-order valence-electron chi connectivity index (χ2n) is 4.50. The topological polar surface area (TPSA) is 67.2 Å². The highest BCUT2D eigenvalue weighted by molar-refractivity contribution is 7.80. The zero-order chi connectivity index (χ0) is 16.1. The van der Waals surface area contributed by atoms with Crippen LogP contribution in [0, 0.1) is 11.6 Å². The van der Waals surface area contributed by atoms with Gasteiger partial charge in [-0.2, -0.15) is 0 Å². The van der Waals surface area contributed by atoms with Crippen LogP contribution in [0.5, 0.6) is 0 Å². The van der Waals surface area contributed by atoms with Gasteiger partial charge in [-0.05, 0) is 54.2 Å². The van der Waals surface area contributed by atoms with Crippen LogP contribution in [0.3, 0.4) is 0 Å². The van der Waals surface area contributed by atoms with Crippen LogP contribution in [-0.2, 0) is 6.54 Å². The van der Waals surface area contributed by atoms with Gasteiger partial charge in [0.15, 0.2) is 16.7 Å².